The summed E-state index contributed by atoms with van der Waals surface area (Å²) in [4.78, 5) is 16.8. The molecule has 2 heterocycles. The largest absolute Gasteiger partial charge is 0.445 e. The molecule has 1 amide bonds. The number of hydrogen-bond acceptors (Lipinski definition) is 3. The molecule has 1 saturated heterocycles. The van der Waals surface area contributed by atoms with Gasteiger partial charge in [-0.2, -0.15) is 0 Å². The van der Waals surface area contributed by atoms with E-state index >= 15 is 0 Å². The van der Waals surface area contributed by atoms with Crippen LogP contribution >= 0.6 is 15.9 Å². The highest BCUT2D eigenvalue weighted by atomic mass is 79.9. The van der Waals surface area contributed by atoms with Crippen molar-refractivity contribution in [1.82, 2.24) is 9.80 Å². The van der Waals surface area contributed by atoms with E-state index in [1.807, 2.05) is 35.2 Å². The predicted molar refractivity (Wildman–Crippen MR) is 114 cm³/mol. The molecule has 5 heteroatoms. The van der Waals surface area contributed by atoms with Crippen molar-refractivity contribution in [3.63, 3.8) is 0 Å². The lowest BCUT2D eigenvalue weighted by Crippen LogP contribution is -2.42. The van der Waals surface area contributed by atoms with Gasteiger partial charge in [0.1, 0.15) is 6.61 Å². The van der Waals surface area contributed by atoms with E-state index in [2.05, 4.69) is 39.0 Å². The van der Waals surface area contributed by atoms with Gasteiger partial charge in [-0.3, -0.25) is 4.90 Å². The Hall–Kier alpha value is -1.85. The van der Waals surface area contributed by atoms with Crippen LogP contribution in [0.3, 0.4) is 0 Å². The van der Waals surface area contributed by atoms with E-state index in [0.717, 1.165) is 57.5 Å². The molecule has 0 N–H and O–H groups in total. The van der Waals surface area contributed by atoms with Crippen LogP contribution in [0.2, 0.25) is 0 Å². The summed E-state index contributed by atoms with van der Waals surface area (Å²) in [6, 6.07) is 16.4. The fourth-order valence-electron chi connectivity index (χ4n) is 4.25. The second-order valence-electron chi connectivity index (χ2n) is 7.83. The van der Waals surface area contributed by atoms with E-state index in [0.29, 0.717) is 12.5 Å². The van der Waals surface area contributed by atoms with Gasteiger partial charge in [0.25, 0.3) is 0 Å². The van der Waals surface area contributed by atoms with Gasteiger partial charge in [0.2, 0.25) is 0 Å². The highest BCUT2D eigenvalue weighted by molar-refractivity contribution is 9.10. The second kappa shape index (κ2) is 9.10. The van der Waals surface area contributed by atoms with Gasteiger partial charge in [-0.05, 0) is 47.9 Å². The molecule has 148 valence electrons. The third-order valence-corrected chi connectivity index (χ3v) is 6.63. The number of fused-ring (bicyclic) bond motifs is 1. The summed E-state index contributed by atoms with van der Waals surface area (Å²) in [6.07, 6.45) is 3.05. The summed E-state index contributed by atoms with van der Waals surface area (Å²) in [5.74, 6) is 0.659. The molecule has 0 aliphatic carbocycles. The maximum absolute atomic E-state index is 12.3. The summed E-state index contributed by atoms with van der Waals surface area (Å²) in [7, 11) is 0. The lowest BCUT2D eigenvalue weighted by Gasteiger charge is -2.36. The number of piperidine rings is 1. The van der Waals surface area contributed by atoms with Gasteiger partial charge in [-0.1, -0.05) is 58.4 Å². The molecule has 0 aromatic heterocycles. The minimum Gasteiger partial charge on any atom is -0.445 e. The maximum Gasteiger partial charge on any atom is 0.410 e. The number of halogens is 1. The SMILES string of the molecule is O=C(OCc1ccccc1)N1CCC(CN2CCc3c(Br)cccc3C2)CC1. The zero-order chi connectivity index (χ0) is 19.3. The molecule has 2 aliphatic heterocycles. The topological polar surface area (TPSA) is 32.8 Å². The first kappa shape index (κ1) is 19.5. The number of nitrogens with zero attached hydrogens (tertiary/aromatic N) is 2. The molecule has 4 nitrogen and oxygen atoms in total. The molecular formula is C23H27BrN2O2. The molecule has 1 fully saturated rings. The zero-order valence-corrected chi connectivity index (χ0v) is 17.7. The Morgan fingerprint density at radius 2 is 1.82 bits per heavy atom. The Labute approximate surface area is 175 Å². The van der Waals surface area contributed by atoms with E-state index in [-0.39, 0.29) is 6.09 Å². The molecule has 2 aromatic rings. The number of hydrogen-bond donors (Lipinski definition) is 0. The molecule has 0 spiro atoms. The number of carbonyl (C=O) groups excluding carboxylic acids is 1. The molecule has 2 aromatic carbocycles. The Bertz CT molecular complexity index is 804. The van der Waals surface area contributed by atoms with Crippen molar-refractivity contribution in [2.75, 3.05) is 26.2 Å². The highest BCUT2D eigenvalue weighted by Gasteiger charge is 2.26. The van der Waals surface area contributed by atoms with Gasteiger partial charge in [-0.15, -0.1) is 0 Å². The Kier molecular flexibility index (Phi) is 6.33. The summed E-state index contributed by atoms with van der Waals surface area (Å²) in [5.41, 5.74) is 3.94. The molecule has 0 radical (unpaired) electrons. The first-order valence-electron chi connectivity index (χ1n) is 10.1. The van der Waals surface area contributed by atoms with Gasteiger partial charge in [-0.25, -0.2) is 4.79 Å². The molecule has 28 heavy (non-hydrogen) atoms. The summed E-state index contributed by atoms with van der Waals surface area (Å²) in [5, 5.41) is 0. The third-order valence-electron chi connectivity index (χ3n) is 5.88. The number of rotatable bonds is 4. The van der Waals surface area contributed by atoms with E-state index in [4.69, 9.17) is 4.74 Å². The molecule has 4 rings (SSSR count). The zero-order valence-electron chi connectivity index (χ0n) is 16.1. The smallest absolute Gasteiger partial charge is 0.410 e. The van der Waals surface area contributed by atoms with Crippen LogP contribution in [-0.4, -0.2) is 42.1 Å². The molecule has 0 atom stereocenters. The number of benzene rings is 2. The molecule has 0 unspecified atom stereocenters. The molecule has 0 bridgehead atoms. The van der Waals surface area contributed by atoms with Crippen molar-refractivity contribution in [3.05, 3.63) is 69.7 Å². The van der Waals surface area contributed by atoms with Crippen molar-refractivity contribution in [2.45, 2.75) is 32.4 Å². The van der Waals surface area contributed by atoms with Crippen molar-refractivity contribution in [2.24, 2.45) is 5.92 Å². The van der Waals surface area contributed by atoms with Crippen molar-refractivity contribution in [1.29, 1.82) is 0 Å². The maximum atomic E-state index is 12.3. The Balaban J connectivity index is 1.22. The lowest BCUT2D eigenvalue weighted by atomic mass is 9.94. The first-order valence-corrected chi connectivity index (χ1v) is 10.9. The average molecular weight is 443 g/mol. The fraction of sp³-hybridized carbons (Fsp3) is 0.435. The van der Waals surface area contributed by atoms with Crippen LogP contribution in [-0.2, 0) is 24.3 Å². The predicted octanol–water partition coefficient (Wildman–Crippen LogP) is 4.86. The normalized spacial score (nSPS) is 18.0. The van der Waals surface area contributed by atoms with Gasteiger partial charge in [0.05, 0.1) is 0 Å². The van der Waals surface area contributed by atoms with E-state index in [1.165, 1.54) is 15.6 Å². The third kappa shape index (κ3) is 4.76. The minimum absolute atomic E-state index is 0.181. The van der Waals surface area contributed by atoms with Gasteiger partial charge in [0.15, 0.2) is 0 Å². The summed E-state index contributed by atoms with van der Waals surface area (Å²) >= 11 is 3.68. The highest BCUT2D eigenvalue weighted by Crippen LogP contribution is 2.28. The lowest BCUT2D eigenvalue weighted by molar-refractivity contribution is 0.0763. The Morgan fingerprint density at radius 3 is 2.61 bits per heavy atom. The van der Waals surface area contributed by atoms with Crippen molar-refractivity contribution >= 4 is 22.0 Å². The molecule has 2 aliphatic rings. The summed E-state index contributed by atoms with van der Waals surface area (Å²) in [6.45, 7) is 5.23. The van der Waals surface area contributed by atoms with Gasteiger partial charge >= 0.3 is 6.09 Å². The standard InChI is InChI=1S/C23H27BrN2O2/c24-22-8-4-7-20-16-25(12-11-21(20)22)15-18-9-13-26(14-10-18)23(27)28-17-19-5-2-1-3-6-19/h1-8,18H,9-17H2. The van der Waals surface area contributed by atoms with Crippen LogP contribution in [0.15, 0.2) is 53.0 Å². The van der Waals surface area contributed by atoms with E-state index in [1.54, 1.807) is 0 Å². The quantitative estimate of drug-likeness (QED) is 0.677. The fourth-order valence-corrected chi connectivity index (χ4v) is 4.86. The second-order valence-corrected chi connectivity index (χ2v) is 8.69. The van der Waals surface area contributed by atoms with Crippen LogP contribution in [0.4, 0.5) is 4.79 Å². The van der Waals surface area contributed by atoms with Crippen LogP contribution in [0.5, 0.6) is 0 Å². The average Bonchev–Trinajstić information content (AvgIpc) is 2.73. The van der Waals surface area contributed by atoms with Crippen LogP contribution in [0.25, 0.3) is 0 Å². The van der Waals surface area contributed by atoms with E-state index < -0.39 is 0 Å². The minimum atomic E-state index is -0.181. The number of ether oxygens (including phenoxy) is 1. The van der Waals surface area contributed by atoms with Crippen LogP contribution < -0.4 is 0 Å². The summed E-state index contributed by atoms with van der Waals surface area (Å²) < 4.78 is 6.72. The Morgan fingerprint density at radius 1 is 1.04 bits per heavy atom. The van der Waals surface area contributed by atoms with Crippen molar-refractivity contribution in [3.8, 4) is 0 Å². The van der Waals surface area contributed by atoms with Gasteiger partial charge < -0.3 is 9.64 Å². The number of amides is 1. The van der Waals surface area contributed by atoms with Crippen molar-refractivity contribution < 1.29 is 9.53 Å². The molecular weight excluding hydrogens is 416 g/mol. The van der Waals surface area contributed by atoms with Crippen LogP contribution in [0.1, 0.15) is 29.5 Å². The molecule has 0 saturated carbocycles. The number of carbonyl (C=O) groups is 1. The van der Waals surface area contributed by atoms with E-state index in [9.17, 15) is 4.79 Å². The van der Waals surface area contributed by atoms with Crippen LogP contribution in [0, 0.1) is 5.92 Å². The number of likely N-dealkylation sites (tertiary alicyclic amines) is 1. The monoisotopic (exact) mass is 442 g/mol. The first-order chi connectivity index (χ1) is 13.7. The van der Waals surface area contributed by atoms with Gasteiger partial charge in [0, 0.05) is 37.2 Å².